The van der Waals surface area contributed by atoms with Crippen molar-refractivity contribution in [2.75, 3.05) is 18.8 Å². The summed E-state index contributed by atoms with van der Waals surface area (Å²) in [4.78, 5) is 7.64. The molecule has 2 N–H and O–H groups in total. The summed E-state index contributed by atoms with van der Waals surface area (Å²) in [5.74, 6) is 0.444. The molecule has 3 nitrogen and oxygen atoms in total. The second-order valence-electron chi connectivity index (χ2n) is 7.27. The van der Waals surface area contributed by atoms with E-state index in [1.165, 1.54) is 11.3 Å². The van der Waals surface area contributed by atoms with Crippen LogP contribution < -0.4 is 5.73 Å². The highest BCUT2D eigenvalue weighted by Gasteiger charge is 2.20. The first-order valence-corrected chi connectivity index (χ1v) is 9.29. The predicted molar refractivity (Wildman–Crippen MR) is 107 cm³/mol. The highest BCUT2D eigenvalue weighted by molar-refractivity contribution is 5.85. The smallest absolute Gasteiger partial charge is 0.0791 e. The van der Waals surface area contributed by atoms with E-state index in [1.807, 2.05) is 12.1 Å². The first-order chi connectivity index (χ1) is 12.1. The largest absolute Gasteiger partial charge is 0.398 e. The average molecular weight is 335 g/mol. The van der Waals surface area contributed by atoms with Crippen LogP contribution in [0.1, 0.15) is 43.9 Å². The number of rotatable bonds is 5. The SMILES string of the molecule is CC(C)C(N=C1CCN(Cc2ccccc2)CC1)c1ccccc1N. The standard InChI is InChI=1S/C22H29N3/c1-17(2)22(20-10-6-7-11-21(20)23)24-19-12-14-25(15-13-19)16-18-8-4-3-5-9-18/h3-11,17,22H,12-16,23H2,1-2H3. The summed E-state index contributed by atoms with van der Waals surface area (Å²) < 4.78 is 0. The van der Waals surface area contributed by atoms with Crippen LogP contribution in [0.3, 0.4) is 0 Å². The molecule has 0 aromatic heterocycles. The number of anilines is 1. The van der Waals surface area contributed by atoms with Gasteiger partial charge in [-0.3, -0.25) is 9.89 Å². The van der Waals surface area contributed by atoms with E-state index < -0.39 is 0 Å². The van der Waals surface area contributed by atoms with E-state index in [-0.39, 0.29) is 6.04 Å². The molecule has 1 fully saturated rings. The van der Waals surface area contributed by atoms with Gasteiger partial charge in [-0.15, -0.1) is 0 Å². The van der Waals surface area contributed by atoms with Gasteiger partial charge in [-0.1, -0.05) is 62.4 Å². The maximum absolute atomic E-state index is 6.19. The van der Waals surface area contributed by atoms with Crippen molar-refractivity contribution >= 4 is 11.4 Å². The van der Waals surface area contributed by atoms with Crippen LogP contribution in [0.25, 0.3) is 0 Å². The van der Waals surface area contributed by atoms with Gasteiger partial charge in [0.15, 0.2) is 0 Å². The minimum Gasteiger partial charge on any atom is -0.398 e. The molecule has 1 aliphatic heterocycles. The maximum Gasteiger partial charge on any atom is 0.0791 e. The Balaban J connectivity index is 1.65. The highest BCUT2D eigenvalue weighted by atomic mass is 15.1. The minimum absolute atomic E-state index is 0.164. The van der Waals surface area contributed by atoms with Crippen LogP contribution in [0.4, 0.5) is 5.69 Å². The van der Waals surface area contributed by atoms with E-state index in [9.17, 15) is 0 Å². The molecule has 1 heterocycles. The van der Waals surface area contributed by atoms with Crippen LogP contribution in [0.2, 0.25) is 0 Å². The third-order valence-electron chi connectivity index (χ3n) is 4.95. The summed E-state index contributed by atoms with van der Waals surface area (Å²) in [6.45, 7) is 7.66. The van der Waals surface area contributed by atoms with Crippen molar-refractivity contribution in [1.29, 1.82) is 0 Å². The van der Waals surface area contributed by atoms with Gasteiger partial charge in [0.2, 0.25) is 0 Å². The van der Waals surface area contributed by atoms with Crippen molar-refractivity contribution in [3.63, 3.8) is 0 Å². The quantitative estimate of drug-likeness (QED) is 0.805. The molecule has 25 heavy (non-hydrogen) atoms. The molecule has 2 aromatic rings. The summed E-state index contributed by atoms with van der Waals surface area (Å²) in [6.07, 6.45) is 2.12. The van der Waals surface area contributed by atoms with E-state index in [2.05, 4.69) is 61.2 Å². The summed E-state index contributed by atoms with van der Waals surface area (Å²) in [5.41, 5.74) is 10.9. The first-order valence-electron chi connectivity index (χ1n) is 9.29. The van der Waals surface area contributed by atoms with Crippen molar-refractivity contribution in [3.8, 4) is 0 Å². The normalized spacial score (nSPS) is 16.8. The minimum atomic E-state index is 0.164. The van der Waals surface area contributed by atoms with E-state index in [0.29, 0.717) is 5.92 Å². The zero-order valence-electron chi connectivity index (χ0n) is 15.4. The second-order valence-corrected chi connectivity index (χ2v) is 7.27. The molecule has 0 saturated carbocycles. The van der Waals surface area contributed by atoms with Gasteiger partial charge in [-0.2, -0.15) is 0 Å². The first kappa shape index (κ1) is 17.7. The number of benzene rings is 2. The molecule has 3 rings (SSSR count). The van der Waals surface area contributed by atoms with Crippen LogP contribution in [0, 0.1) is 5.92 Å². The fourth-order valence-electron chi connectivity index (χ4n) is 3.49. The third kappa shape index (κ3) is 4.70. The van der Waals surface area contributed by atoms with Crippen molar-refractivity contribution in [3.05, 3.63) is 65.7 Å². The molecule has 1 unspecified atom stereocenters. The fraction of sp³-hybridized carbons (Fsp3) is 0.409. The Morgan fingerprint density at radius 3 is 2.24 bits per heavy atom. The topological polar surface area (TPSA) is 41.6 Å². The van der Waals surface area contributed by atoms with Gasteiger partial charge in [0, 0.05) is 31.0 Å². The molecule has 2 aromatic carbocycles. The number of piperidine rings is 1. The van der Waals surface area contributed by atoms with Crippen molar-refractivity contribution < 1.29 is 0 Å². The molecule has 0 aliphatic carbocycles. The average Bonchev–Trinajstić information content (AvgIpc) is 2.62. The van der Waals surface area contributed by atoms with Gasteiger partial charge >= 0.3 is 0 Å². The number of hydrogen-bond acceptors (Lipinski definition) is 3. The zero-order valence-corrected chi connectivity index (χ0v) is 15.4. The van der Waals surface area contributed by atoms with Crippen molar-refractivity contribution in [2.45, 2.75) is 39.3 Å². The Bertz CT molecular complexity index is 696. The lowest BCUT2D eigenvalue weighted by atomic mass is 9.94. The zero-order chi connectivity index (χ0) is 17.6. The van der Waals surface area contributed by atoms with Crippen molar-refractivity contribution in [2.24, 2.45) is 10.9 Å². The monoisotopic (exact) mass is 335 g/mol. The lowest BCUT2D eigenvalue weighted by molar-refractivity contribution is 0.265. The summed E-state index contributed by atoms with van der Waals surface area (Å²) in [7, 11) is 0. The number of nitrogen functional groups attached to an aromatic ring is 1. The molecular formula is C22H29N3. The maximum atomic E-state index is 6.19. The third-order valence-corrected chi connectivity index (χ3v) is 4.95. The number of para-hydroxylation sites is 1. The molecule has 0 radical (unpaired) electrons. The van der Waals surface area contributed by atoms with Crippen LogP contribution in [0.15, 0.2) is 59.6 Å². The number of nitrogens with zero attached hydrogens (tertiary/aromatic N) is 2. The second kappa shape index (κ2) is 8.30. The fourth-order valence-corrected chi connectivity index (χ4v) is 3.49. The van der Waals surface area contributed by atoms with Gasteiger partial charge in [-0.05, 0) is 36.0 Å². The number of nitrogens with two attached hydrogens (primary N) is 1. The molecule has 3 heteroatoms. The van der Waals surface area contributed by atoms with Crippen LogP contribution in [-0.2, 0) is 6.54 Å². The van der Waals surface area contributed by atoms with Crippen molar-refractivity contribution in [1.82, 2.24) is 4.90 Å². The lowest BCUT2D eigenvalue weighted by Gasteiger charge is -2.29. The van der Waals surface area contributed by atoms with Crippen LogP contribution in [-0.4, -0.2) is 23.7 Å². The number of hydrogen-bond donors (Lipinski definition) is 1. The van der Waals surface area contributed by atoms with E-state index in [1.54, 1.807) is 0 Å². The molecule has 0 spiro atoms. The Hall–Kier alpha value is -2.13. The Morgan fingerprint density at radius 2 is 1.60 bits per heavy atom. The molecule has 1 saturated heterocycles. The molecule has 1 atom stereocenters. The molecule has 1 aliphatic rings. The van der Waals surface area contributed by atoms with E-state index >= 15 is 0 Å². The van der Waals surface area contributed by atoms with Gasteiger partial charge in [0.25, 0.3) is 0 Å². The van der Waals surface area contributed by atoms with Crippen LogP contribution >= 0.6 is 0 Å². The summed E-state index contributed by atoms with van der Waals surface area (Å²) in [6, 6.07) is 19.0. The summed E-state index contributed by atoms with van der Waals surface area (Å²) in [5, 5.41) is 0. The lowest BCUT2D eigenvalue weighted by Crippen LogP contribution is -2.33. The van der Waals surface area contributed by atoms with Gasteiger partial charge in [0.05, 0.1) is 6.04 Å². The Kier molecular flexibility index (Phi) is 5.87. The predicted octanol–water partition coefficient (Wildman–Crippen LogP) is 4.70. The Labute approximate surface area is 151 Å². The van der Waals surface area contributed by atoms with Crippen LogP contribution in [0.5, 0.6) is 0 Å². The number of aliphatic imine (C=N–C) groups is 1. The van der Waals surface area contributed by atoms with E-state index in [4.69, 9.17) is 10.7 Å². The molecule has 0 bridgehead atoms. The summed E-state index contributed by atoms with van der Waals surface area (Å²) >= 11 is 0. The van der Waals surface area contributed by atoms with Gasteiger partial charge in [-0.25, -0.2) is 0 Å². The molecule has 132 valence electrons. The highest BCUT2D eigenvalue weighted by Crippen LogP contribution is 2.31. The van der Waals surface area contributed by atoms with E-state index in [0.717, 1.165) is 43.7 Å². The number of likely N-dealkylation sites (tertiary alicyclic amines) is 1. The molecular weight excluding hydrogens is 306 g/mol. The Morgan fingerprint density at radius 1 is 0.960 bits per heavy atom. The van der Waals surface area contributed by atoms with Gasteiger partial charge in [0.1, 0.15) is 0 Å². The molecule has 0 amide bonds. The van der Waals surface area contributed by atoms with Gasteiger partial charge < -0.3 is 5.73 Å².